The van der Waals surface area contributed by atoms with Gasteiger partial charge in [0.2, 0.25) is 0 Å². The summed E-state index contributed by atoms with van der Waals surface area (Å²) >= 11 is 0. The van der Waals surface area contributed by atoms with E-state index in [2.05, 4.69) is 4.98 Å². The number of aromatic nitrogens is 1. The smallest absolute Gasteiger partial charge is 0.311 e. The van der Waals surface area contributed by atoms with E-state index in [1.54, 1.807) is 19.2 Å². The molecule has 5 heteroatoms. The molecule has 0 aliphatic carbocycles. The normalized spacial score (nSPS) is 23.4. The highest BCUT2D eigenvalue weighted by Gasteiger charge is 2.37. The summed E-state index contributed by atoms with van der Waals surface area (Å²) in [5.41, 5.74) is 0.512. The quantitative estimate of drug-likeness (QED) is 0.857. The van der Waals surface area contributed by atoms with Gasteiger partial charge in [-0.1, -0.05) is 0 Å². The molecule has 1 aliphatic rings. The van der Waals surface area contributed by atoms with Crippen molar-refractivity contribution >= 4 is 11.7 Å². The Morgan fingerprint density at radius 1 is 1.67 bits per heavy atom. The third kappa shape index (κ3) is 2.28. The largest absolute Gasteiger partial charge is 0.481 e. The van der Waals surface area contributed by atoms with Crippen LogP contribution in [0.2, 0.25) is 0 Å². The summed E-state index contributed by atoms with van der Waals surface area (Å²) in [6.45, 7) is 3.06. The average molecular weight is 245 g/mol. The second kappa shape index (κ2) is 4.65. The molecule has 2 heterocycles. The van der Waals surface area contributed by atoms with Crippen molar-refractivity contribution in [2.24, 2.45) is 5.41 Å². The Hall–Kier alpha value is -2.09. The molecule has 0 spiro atoms. The second-order valence-corrected chi connectivity index (χ2v) is 4.90. The number of carboxylic acids is 1. The van der Waals surface area contributed by atoms with Crippen LogP contribution in [-0.4, -0.2) is 29.1 Å². The van der Waals surface area contributed by atoms with Crippen LogP contribution in [0.1, 0.15) is 25.5 Å². The number of piperidine rings is 1. The molecule has 0 aromatic carbocycles. The van der Waals surface area contributed by atoms with Gasteiger partial charge in [-0.15, -0.1) is 0 Å². The van der Waals surface area contributed by atoms with Crippen molar-refractivity contribution in [2.75, 3.05) is 18.0 Å². The van der Waals surface area contributed by atoms with Crippen LogP contribution >= 0.6 is 0 Å². The van der Waals surface area contributed by atoms with Crippen LogP contribution in [0.15, 0.2) is 18.3 Å². The maximum absolute atomic E-state index is 11.3. The fraction of sp³-hybridized carbons (Fsp3) is 0.462. The van der Waals surface area contributed by atoms with Gasteiger partial charge in [0.15, 0.2) is 0 Å². The Balaban J connectivity index is 2.23. The fourth-order valence-corrected chi connectivity index (χ4v) is 2.31. The van der Waals surface area contributed by atoms with Crippen LogP contribution in [-0.2, 0) is 4.79 Å². The van der Waals surface area contributed by atoms with E-state index < -0.39 is 11.4 Å². The van der Waals surface area contributed by atoms with Crippen molar-refractivity contribution in [3.63, 3.8) is 0 Å². The number of anilines is 1. The van der Waals surface area contributed by atoms with Crippen molar-refractivity contribution in [1.82, 2.24) is 4.98 Å². The Morgan fingerprint density at radius 3 is 3.11 bits per heavy atom. The lowest BCUT2D eigenvalue weighted by Gasteiger charge is -2.38. The summed E-state index contributed by atoms with van der Waals surface area (Å²) in [6, 6.07) is 5.51. The highest BCUT2D eigenvalue weighted by molar-refractivity contribution is 5.75. The number of hydrogen-bond acceptors (Lipinski definition) is 4. The van der Waals surface area contributed by atoms with Crippen LogP contribution < -0.4 is 4.90 Å². The zero-order valence-corrected chi connectivity index (χ0v) is 10.3. The molecule has 94 valence electrons. The molecule has 1 atom stereocenters. The number of hydrogen-bond donors (Lipinski definition) is 1. The van der Waals surface area contributed by atoms with Crippen LogP contribution in [0.4, 0.5) is 5.69 Å². The van der Waals surface area contributed by atoms with E-state index in [-0.39, 0.29) is 0 Å². The lowest BCUT2D eigenvalue weighted by atomic mass is 9.82. The lowest BCUT2D eigenvalue weighted by Crippen LogP contribution is -2.46. The minimum Gasteiger partial charge on any atom is -0.481 e. The topological polar surface area (TPSA) is 77.2 Å². The van der Waals surface area contributed by atoms with Crippen LogP contribution in [0.5, 0.6) is 0 Å². The summed E-state index contributed by atoms with van der Waals surface area (Å²) in [6.07, 6.45) is 3.11. The van der Waals surface area contributed by atoms with E-state index in [4.69, 9.17) is 5.26 Å². The van der Waals surface area contributed by atoms with E-state index in [0.717, 1.165) is 18.7 Å². The van der Waals surface area contributed by atoms with Crippen LogP contribution in [0.3, 0.4) is 0 Å². The molecule has 1 aliphatic heterocycles. The highest BCUT2D eigenvalue weighted by atomic mass is 16.4. The number of pyridine rings is 1. The summed E-state index contributed by atoms with van der Waals surface area (Å²) < 4.78 is 0. The first-order chi connectivity index (χ1) is 8.55. The second-order valence-electron chi connectivity index (χ2n) is 4.90. The molecule has 1 fully saturated rings. The Bertz CT molecular complexity index is 509. The van der Waals surface area contributed by atoms with E-state index >= 15 is 0 Å². The van der Waals surface area contributed by atoms with Crippen molar-refractivity contribution in [2.45, 2.75) is 19.8 Å². The van der Waals surface area contributed by atoms with Gasteiger partial charge < -0.3 is 10.0 Å². The van der Waals surface area contributed by atoms with Gasteiger partial charge in [0.05, 0.1) is 5.41 Å². The molecular weight excluding hydrogens is 230 g/mol. The predicted molar refractivity (Wildman–Crippen MR) is 66.1 cm³/mol. The van der Waals surface area contributed by atoms with Gasteiger partial charge in [0.25, 0.3) is 0 Å². The molecule has 1 aromatic heterocycles. The van der Waals surface area contributed by atoms with E-state index in [1.165, 1.54) is 0 Å². The van der Waals surface area contributed by atoms with E-state index in [9.17, 15) is 9.90 Å². The maximum atomic E-state index is 11.3. The van der Waals surface area contributed by atoms with Crippen LogP contribution in [0.25, 0.3) is 0 Å². The predicted octanol–water partition coefficient (Wildman–Crippen LogP) is 1.64. The Morgan fingerprint density at radius 2 is 2.44 bits per heavy atom. The summed E-state index contributed by atoms with van der Waals surface area (Å²) in [5.74, 6) is -0.762. The van der Waals surface area contributed by atoms with Gasteiger partial charge in [-0.25, -0.2) is 4.98 Å². The Labute approximate surface area is 106 Å². The van der Waals surface area contributed by atoms with Crippen molar-refractivity contribution in [3.05, 3.63) is 24.0 Å². The lowest BCUT2D eigenvalue weighted by molar-refractivity contribution is -0.148. The van der Waals surface area contributed by atoms with Gasteiger partial charge >= 0.3 is 5.97 Å². The molecule has 1 unspecified atom stereocenters. The first-order valence-electron chi connectivity index (χ1n) is 5.90. The number of nitrogens with zero attached hydrogens (tertiary/aromatic N) is 3. The van der Waals surface area contributed by atoms with Crippen molar-refractivity contribution < 1.29 is 9.90 Å². The first kappa shape index (κ1) is 12.4. The molecule has 1 N–H and O–H groups in total. The molecule has 1 aromatic rings. The number of rotatable bonds is 2. The number of carbonyl (C=O) groups is 1. The number of aliphatic carboxylic acids is 1. The zero-order chi connectivity index (χ0) is 13.2. The molecule has 2 rings (SSSR count). The molecule has 0 radical (unpaired) electrons. The number of nitriles is 1. The van der Waals surface area contributed by atoms with E-state index in [1.807, 2.05) is 17.0 Å². The molecule has 0 saturated carbocycles. The molecule has 5 nitrogen and oxygen atoms in total. The molecular formula is C13H15N3O2. The fourth-order valence-electron chi connectivity index (χ4n) is 2.31. The minimum absolute atomic E-state index is 0.357. The van der Waals surface area contributed by atoms with Gasteiger partial charge in [0.1, 0.15) is 11.8 Å². The molecule has 0 bridgehead atoms. The Kier molecular flexibility index (Phi) is 3.19. The third-order valence-corrected chi connectivity index (χ3v) is 3.44. The zero-order valence-electron chi connectivity index (χ0n) is 10.3. The summed E-state index contributed by atoms with van der Waals surface area (Å²) in [4.78, 5) is 17.2. The number of carboxylic acid groups (broad SMARTS) is 1. The minimum atomic E-state index is -0.762. The van der Waals surface area contributed by atoms with Gasteiger partial charge in [-0.2, -0.15) is 5.26 Å². The first-order valence-corrected chi connectivity index (χ1v) is 5.90. The average Bonchev–Trinajstić information content (AvgIpc) is 2.39. The SMILES string of the molecule is CC1(C(=O)O)CCCN(c2ccnc(C#N)c2)C1. The monoisotopic (exact) mass is 245 g/mol. The third-order valence-electron chi connectivity index (χ3n) is 3.44. The van der Waals surface area contributed by atoms with Crippen molar-refractivity contribution in [1.29, 1.82) is 5.26 Å². The summed E-state index contributed by atoms with van der Waals surface area (Å²) in [7, 11) is 0. The van der Waals surface area contributed by atoms with Crippen molar-refractivity contribution in [3.8, 4) is 6.07 Å². The van der Waals surface area contributed by atoms with Gasteiger partial charge in [-0.3, -0.25) is 4.79 Å². The molecule has 1 saturated heterocycles. The standard InChI is InChI=1S/C13H15N3O2/c1-13(12(17)18)4-2-6-16(9-13)11-3-5-15-10(7-11)8-14/h3,5,7H,2,4,6,9H2,1H3,(H,17,18). The molecule has 18 heavy (non-hydrogen) atoms. The van der Waals surface area contributed by atoms with Gasteiger partial charge in [-0.05, 0) is 31.9 Å². The van der Waals surface area contributed by atoms with E-state index in [0.29, 0.717) is 18.7 Å². The highest BCUT2D eigenvalue weighted by Crippen LogP contribution is 2.32. The summed E-state index contributed by atoms with van der Waals surface area (Å²) in [5, 5.41) is 18.1. The van der Waals surface area contributed by atoms with Gasteiger partial charge in [0, 0.05) is 25.0 Å². The van der Waals surface area contributed by atoms with Crippen LogP contribution in [0, 0.1) is 16.7 Å². The maximum Gasteiger partial charge on any atom is 0.311 e. The molecule has 0 amide bonds.